The van der Waals surface area contributed by atoms with Crippen LogP contribution in [0.2, 0.25) is 0 Å². The highest BCUT2D eigenvalue weighted by atomic mass is 31.2. The number of unbranched alkanes of at least 4 members (excludes halogenated alkanes) is 19. The summed E-state index contributed by atoms with van der Waals surface area (Å²) in [5, 5.41) is 50.0. The van der Waals surface area contributed by atoms with Crippen LogP contribution in [0.4, 0.5) is 0 Å². The standard InChI is InChI=1S/C42H77O13P/c1-3-5-7-9-11-13-15-17-18-19-21-22-24-26-28-30-35(43)52-32-34(54-36(44)31-29-27-25-23-20-16-14-12-10-8-6-4-2)33-53-56(50,51)55-42-40(48)38(46)37(45)39(47)41(42)49/h12-15,34,37-42,45-49H,3-11,16-33H2,1-2H3,(H,50,51)/b14-12+,15-13+/t34-,37?,38-,39?,40?,41?,42?/m0/s1. The quantitative estimate of drug-likeness (QED) is 0.0157. The second kappa shape index (κ2) is 33.2. The van der Waals surface area contributed by atoms with Crippen LogP contribution in [-0.4, -0.2) is 98.3 Å². The van der Waals surface area contributed by atoms with Crippen LogP contribution in [0.1, 0.15) is 174 Å². The maximum Gasteiger partial charge on any atom is 0.472 e. The van der Waals surface area contributed by atoms with E-state index in [-0.39, 0.29) is 12.8 Å². The predicted octanol–water partition coefficient (Wildman–Crippen LogP) is 7.67. The van der Waals surface area contributed by atoms with E-state index in [1.54, 1.807) is 0 Å². The molecule has 13 nitrogen and oxygen atoms in total. The fourth-order valence-corrected chi connectivity index (χ4v) is 7.42. The van der Waals surface area contributed by atoms with Crippen molar-refractivity contribution in [2.45, 2.75) is 217 Å². The Morgan fingerprint density at radius 1 is 0.536 bits per heavy atom. The number of ether oxygens (including phenoxy) is 2. The Balaban J connectivity index is 2.49. The van der Waals surface area contributed by atoms with Crippen molar-refractivity contribution in [3.05, 3.63) is 24.3 Å². The fraction of sp³-hybridized carbons (Fsp3) is 0.857. The molecule has 0 aliphatic heterocycles. The first-order chi connectivity index (χ1) is 26.9. The third kappa shape index (κ3) is 25.6. The Hall–Kier alpha value is -1.67. The van der Waals surface area contributed by atoms with Gasteiger partial charge in [-0.3, -0.25) is 18.6 Å². The largest absolute Gasteiger partial charge is 0.472 e. The lowest BCUT2D eigenvalue weighted by Crippen LogP contribution is -2.64. The second-order valence-electron chi connectivity index (χ2n) is 15.2. The molecule has 56 heavy (non-hydrogen) atoms. The van der Waals surface area contributed by atoms with E-state index >= 15 is 0 Å². The molecule has 6 N–H and O–H groups in total. The lowest BCUT2D eigenvalue weighted by atomic mass is 9.85. The highest BCUT2D eigenvalue weighted by molar-refractivity contribution is 7.47. The van der Waals surface area contributed by atoms with Gasteiger partial charge < -0.3 is 39.9 Å². The SMILES string of the molecule is CCCCC/C=C/CCCCCCCC(=O)O[C@@H](COC(=O)CCCCCCCCC/C=C/CCCCCC)COP(=O)(O)OC1C(O)C(O)C(O)[C@H](O)C1O. The Bertz CT molecular complexity index is 1090. The molecule has 1 saturated carbocycles. The van der Waals surface area contributed by atoms with Gasteiger partial charge in [-0.05, 0) is 64.2 Å². The number of allylic oxidation sites excluding steroid dienone is 4. The molecule has 328 valence electrons. The molecule has 0 bridgehead atoms. The van der Waals surface area contributed by atoms with Gasteiger partial charge in [-0.25, -0.2) is 4.57 Å². The minimum absolute atomic E-state index is 0.0868. The summed E-state index contributed by atoms with van der Waals surface area (Å²) in [6.07, 6.45) is 21.0. The molecule has 14 heteroatoms. The van der Waals surface area contributed by atoms with Gasteiger partial charge in [-0.2, -0.15) is 0 Å². The number of esters is 2. The zero-order valence-electron chi connectivity index (χ0n) is 34.4. The number of hydrogen-bond donors (Lipinski definition) is 6. The van der Waals surface area contributed by atoms with Crippen molar-refractivity contribution >= 4 is 19.8 Å². The molecule has 1 aliphatic carbocycles. The average molecular weight is 821 g/mol. The normalized spacial score (nSPS) is 23.1. The van der Waals surface area contributed by atoms with Gasteiger partial charge >= 0.3 is 19.8 Å². The van der Waals surface area contributed by atoms with E-state index in [1.165, 1.54) is 64.2 Å². The minimum atomic E-state index is -5.11. The van der Waals surface area contributed by atoms with Gasteiger partial charge in [0.25, 0.3) is 0 Å². The zero-order chi connectivity index (χ0) is 41.4. The second-order valence-corrected chi connectivity index (χ2v) is 16.6. The van der Waals surface area contributed by atoms with Gasteiger partial charge in [0.15, 0.2) is 6.10 Å². The van der Waals surface area contributed by atoms with Crippen molar-refractivity contribution in [3.63, 3.8) is 0 Å². The third-order valence-electron chi connectivity index (χ3n) is 10.0. The van der Waals surface area contributed by atoms with Crippen LogP contribution < -0.4 is 0 Å². The Morgan fingerprint density at radius 3 is 1.39 bits per heavy atom. The van der Waals surface area contributed by atoms with Gasteiger partial charge in [-0.1, -0.05) is 122 Å². The molecular formula is C42H77O13P. The van der Waals surface area contributed by atoms with Crippen molar-refractivity contribution < 1.29 is 63.1 Å². The van der Waals surface area contributed by atoms with Gasteiger partial charge in [-0.15, -0.1) is 0 Å². The Labute approximate surface area is 336 Å². The van der Waals surface area contributed by atoms with Crippen molar-refractivity contribution in [3.8, 4) is 0 Å². The molecule has 8 atom stereocenters. The Kier molecular flexibility index (Phi) is 31.0. The lowest BCUT2D eigenvalue weighted by molar-refractivity contribution is -0.220. The molecule has 0 aromatic heterocycles. The van der Waals surface area contributed by atoms with Crippen molar-refractivity contribution in [2.24, 2.45) is 0 Å². The molecule has 0 saturated heterocycles. The summed E-state index contributed by atoms with van der Waals surface area (Å²) in [7, 11) is -5.11. The first-order valence-corrected chi connectivity index (χ1v) is 23.1. The average Bonchev–Trinajstić information content (AvgIpc) is 3.18. The minimum Gasteiger partial charge on any atom is -0.462 e. The van der Waals surface area contributed by atoms with Crippen LogP contribution in [0.15, 0.2) is 24.3 Å². The summed E-state index contributed by atoms with van der Waals surface area (Å²) in [4.78, 5) is 35.6. The molecule has 0 heterocycles. The van der Waals surface area contributed by atoms with Gasteiger partial charge in [0.1, 0.15) is 43.2 Å². The van der Waals surface area contributed by atoms with E-state index in [4.69, 9.17) is 18.5 Å². The topological polar surface area (TPSA) is 210 Å². The van der Waals surface area contributed by atoms with E-state index in [2.05, 4.69) is 38.2 Å². The van der Waals surface area contributed by atoms with Crippen LogP contribution in [-0.2, 0) is 32.7 Å². The monoisotopic (exact) mass is 821 g/mol. The summed E-state index contributed by atoms with van der Waals surface area (Å²) < 4.78 is 33.4. The van der Waals surface area contributed by atoms with Crippen molar-refractivity contribution in [2.75, 3.05) is 13.2 Å². The van der Waals surface area contributed by atoms with Crippen LogP contribution in [0.25, 0.3) is 0 Å². The van der Waals surface area contributed by atoms with E-state index in [9.17, 15) is 44.6 Å². The summed E-state index contributed by atoms with van der Waals surface area (Å²) in [6, 6.07) is 0. The van der Waals surface area contributed by atoms with E-state index < -0.39 is 75.7 Å². The smallest absolute Gasteiger partial charge is 0.462 e. The molecule has 0 radical (unpaired) electrons. The molecular weight excluding hydrogens is 743 g/mol. The number of carbonyl (C=O) groups is 2. The molecule has 6 unspecified atom stereocenters. The van der Waals surface area contributed by atoms with Crippen molar-refractivity contribution in [1.29, 1.82) is 0 Å². The number of carbonyl (C=O) groups excluding carboxylic acids is 2. The summed E-state index contributed by atoms with van der Waals surface area (Å²) >= 11 is 0. The molecule has 1 fully saturated rings. The number of phosphoric ester groups is 1. The molecule has 1 rings (SSSR count). The van der Waals surface area contributed by atoms with Crippen LogP contribution in [0.3, 0.4) is 0 Å². The fourth-order valence-electron chi connectivity index (χ4n) is 6.45. The zero-order valence-corrected chi connectivity index (χ0v) is 35.3. The number of hydrogen-bond acceptors (Lipinski definition) is 12. The Morgan fingerprint density at radius 2 is 0.911 bits per heavy atom. The molecule has 0 aromatic carbocycles. The highest BCUT2D eigenvalue weighted by Crippen LogP contribution is 2.47. The summed E-state index contributed by atoms with van der Waals surface area (Å²) in [5.41, 5.74) is 0. The number of rotatable bonds is 35. The molecule has 0 spiro atoms. The van der Waals surface area contributed by atoms with Crippen LogP contribution in [0.5, 0.6) is 0 Å². The van der Waals surface area contributed by atoms with Crippen LogP contribution in [0, 0.1) is 0 Å². The van der Waals surface area contributed by atoms with E-state index in [0.717, 1.165) is 70.6 Å². The maximum atomic E-state index is 12.8. The number of phosphoric acid groups is 1. The summed E-state index contributed by atoms with van der Waals surface area (Å²) in [5.74, 6) is -1.11. The van der Waals surface area contributed by atoms with Gasteiger partial charge in [0.05, 0.1) is 6.61 Å². The molecule has 1 aliphatic rings. The lowest BCUT2D eigenvalue weighted by Gasteiger charge is -2.41. The first kappa shape index (κ1) is 52.3. The predicted molar refractivity (Wildman–Crippen MR) is 217 cm³/mol. The van der Waals surface area contributed by atoms with E-state index in [0.29, 0.717) is 12.8 Å². The maximum absolute atomic E-state index is 12.8. The van der Waals surface area contributed by atoms with Crippen LogP contribution >= 0.6 is 7.82 Å². The molecule has 0 amide bonds. The number of aliphatic hydroxyl groups is 5. The molecule has 0 aromatic rings. The van der Waals surface area contributed by atoms with E-state index in [1.807, 2.05) is 0 Å². The van der Waals surface area contributed by atoms with Gasteiger partial charge in [0.2, 0.25) is 0 Å². The summed E-state index contributed by atoms with van der Waals surface area (Å²) in [6.45, 7) is 3.23. The number of aliphatic hydroxyl groups excluding tert-OH is 5. The first-order valence-electron chi connectivity index (χ1n) is 21.6. The third-order valence-corrected chi connectivity index (χ3v) is 11.0. The van der Waals surface area contributed by atoms with Crippen molar-refractivity contribution in [1.82, 2.24) is 0 Å². The highest BCUT2D eigenvalue weighted by Gasteiger charge is 2.51. The van der Waals surface area contributed by atoms with Gasteiger partial charge in [0, 0.05) is 12.8 Å².